The van der Waals surface area contributed by atoms with E-state index in [4.69, 9.17) is 0 Å². The minimum atomic E-state index is -0.130. The smallest absolute Gasteiger partial charge is 0.233 e. The van der Waals surface area contributed by atoms with Crippen LogP contribution in [0.3, 0.4) is 0 Å². The molecule has 1 amide bonds. The molecule has 13 heavy (non-hydrogen) atoms. The van der Waals surface area contributed by atoms with Gasteiger partial charge >= 0.3 is 0 Å². The number of hydrogen-bond acceptors (Lipinski definition) is 2. The number of carbonyl (C=O) groups is 1. The Hall–Kier alpha value is -1.39. The average Bonchev–Trinajstić information content (AvgIpc) is 2.20. The minimum Gasteiger partial charge on any atom is -0.412 e. The highest BCUT2D eigenvalue weighted by Gasteiger charge is 1.85. The lowest BCUT2D eigenvalue weighted by Crippen LogP contribution is -2.28. The summed E-state index contributed by atoms with van der Waals surface area (Å²) >= 11 is 0. The maximum Gasteiger partial charge on any atom is 0.233 e. The second kappa shape index (κ2) is 10.6. The van der Waals surface area contributed by atoms with E-state index in [0.717, 1.165) is 0 Å². The molecule has 1 aromatic carbocycles. The van der Waals surface area contributed by atoms with Gasteiger partial charge in [0, 0.05) is 6.42 Å². The molecule has 4 nitrogen and oxygen atoms in total. The molecule has 0 saturated heterocycles. The van der Waals surface area contributed by atoms with Crippen LogP contribution in [0.5, 0.6) is 0 Å². The van der Waals surface area contributed by atoms with Gasteiger partial charge in [0.05, 0.1) is 0 Å². The van der Waals surface area contributed by atoms with Crippen molar-refractivity contribution in [3.8, 4) is 0 Å². The van der Waals surface area contributed by atoms with Crippen molar-refractivity contribution in [2.45, 2.75) is 13.3 Å². The van der Waals surface area contributed by atoms with Crippen LogP contribution >= 0.6 is 0 Å². The van der Waals surface area contributed by atoms with Crippen molar-refractivity contribution in [3.63, 3.8) is 0 Å². The molecule has 1 rings (SSSR count). The van der Waals surface area contributed by atoms with Gasteiger partial charge in [0.15, 0.2) is 0 Å². The van der Waals surface area contributed by atoms with Gasteiger partial charge in [-0.15, -0.1) is 0 Å². The summed E-state index contributed by atoms with van der Waals surface area (Å²) in [5.74, 6) is 4.55. The number of amides is 1. The van der Waals surface area contributed by atoms with Crippen molar-refractivity contribution in [3.05, 3.63) is 36.4 Å². The zero-order valence-corrected chi connectivity index (χ0v) is 7.66. The predicted octanol–water partition coefficient (Wildman–Crippen LogP) is 0.248. The molecule has 0 unspecified atom stereocenters. The van der Waals surface area contributed by atoms with Crippen molar-refractivity contribution in [1.82, 2.24) is 5.43 Å². The molecule has 0 atom stereocenters. The number of benzene rings is 1. The van der Waals surface area contributed by atoms with E-state index in [2.05, 4.69) is 5.84 Å². The van der Waals surface area contributed by atoms with Gasteiger partial charge in [-0.2, -0.15) is 0 Å². The summed E-state index contributed by atoms with van der Waals surface area (Å²) in [4.78, 5) is 9.94. The fourth-order valence-corrected chi connectivity index (χ4v) is 0.487. The SMILES string of the molecule is CCC(=O)NN.O.c1ccccc1. The van der Waals surface area contributed by atoms with E-state index in [1.165, 1.54) is 0 Å². The van der Waals surface area contributed by atoms with Crippen molar-refractivity contribution in [2.75, 3.05) is 0 Å². The van der Waals surface area contributed by atoms with Gasteiger partial charge in [-0.3, -0.25) is 10.2 Å². The molecule has 0 saturated carbocycles. The normalized spacial score (nSPS) is 7.23. The third-order valence-electron chi connectivity index (χ3n) is 1.15. The first-order valence-electron chi connectivity index (χ1n) is 3.80. The highest BCUT2D eigenvalue weighted by atomic mass is 16.2. The van der Waals surface area contributed by atoms with Gasteiger partial charge < -0.3 is 5.48 Å². The Morgan fingerprint density at radius 3 is 1.54 bits per heavy atom. The molecule has 5 N–H and O–H groups in total. The zero-order chi connectivity index (χ0) is 9.23. The number of nitrogens with one attached hydrogen (secondary N) is 1. The Balaban J connectivity index is 0. The minimum absolute atomic E-state index is 0. The quantitative estimate of drug-likeness (QED) is 0.372. The molecule has 0 spiro atoms. The Kier molecular flexibility index (Phi) is 11.6. The van der Waals surface area contributed by atoms with Crippen LogP contribution in [0.2, 0.25) is 0 Å². The Bertz CT molecular complexity index is 169. The van der Waals surface area contributed by atoms with Crippen molar-refractivity contribution >= 4 is 5.91 Å². The van der Waals surface area contributed by atoms with Gasteiger partial charge in [-0.25, -0.2) is 5.84 Å². The predicted molar refractivity (Wildman–Crippen MR) is 52.7 cm³/mol. The monoisotopic (exact) mass is 184 g/mol. The number of hydrogen-bond donors (Lipinski definition) is 2. The standard InChI is InChI=1S/C6H6.C3H8N2O.H2O/c1-2-4-6-5-3-1;1-2-3(6)5-4;/h1-6H;2,4H2,1H3,(H,5,6);1H2. The third-order valence-corrected chi connectivity index (χ3v) is 1.15. The molecule has 0 aliphatic heterocycles. The fourth-order valence-electron chi connectivity index (χ4n) is 0.487. The summed E-state index contributed by atoms with van der Waals surface area (Å²) in [7, 11) is 0. The van der Waals surface area contributed by atoms with E-state index in [0.29, 0.717) is 6.42 Å². The molecule has 4 heteroatoms. The number of carbonyl (C=O) groups excluding carboxylic acids is 1. The van der Waals surface area contributed by atoms with Crippen LogP contribution in [-0.4, -0.2) is 11.4 Å². The van der Waals surface area contributed by atoms with Crippen LogP contribution < -0.4 is 11.3 Å². The van der Waals surface area contributed by atoms with Crippen molar-refractivity contribution in [1.29, 1.82) is 0 Å². The van der Waals surface area contributed by atoms with Gasteiger partial charge in [-0.1, -0.05) is 43.3 Å². The third kappa shape index (κ3) is 10.6. The fraction of sp³-hybridized carbons (Fsp3) is 0.222. The lowest BCUT2D eigenvalue weighted by molar-refractivity contribution is -0.120. The summed E-state index contributed by atoms with van der Waals surface area (Å²) in [6, 6.07) is 12.0. The highest BCUT2D eigenvalue weighted by Crippen LogP contribution is 1.79. The van der Waals surface area contributed by atoms with E-state index in [1.807, 2.05) is 41.8 Å². The second-order valence-electron chi connectivity index (χ2n) is 2.08. The van der Waals surface area contributed by atoms with Crippen molar-refractivity contribution < 1.29 is 10.3 Å². The maximum absolute atomic E-state index is 9.94. The lowest BCUT2D eigenvalue weighted by Gasteiger charge is -1.87. The molecular weight excluding hydrogens is 168 g/mol. The Morgan fingerprint density at radius 2 is 1.46 bits per heavy atom. The molecule has 0 radical (unpaired) electrons. The summed E-state index contributed by atoms with van der Waals surface area (Å²) in [5.41, 5.74) is 1.98. The van der Waals surface area contributed by atoms with E-state index in [9.17, 15) is 4.79 Å². The molecule has 1 aromatic rings. The van der Waals surface area contributed by atoms with Crippen LogP contribution in [0.25, 0.3) is 0 Å². The molecule has 0 bridgehead atoms. The largest absolute Gasteiger partial charge is 0.412 e. The molecule has 0 aliphatic rings. The zero-order valence-electron chi connectivity index (χ0n) is 7.66. The van der Waals surface area contributed by atoms with E-state index in [-0.39, 0.29) is 11.4 Å². The molecule has 0 heterocycles. The highest BCUT2D eigenvalue weighted by molar-refractivity contribution is 5.74. The average molecular weight is 184 g/mol. The lowest BCUT2D eigenvalue weighted by atomic mass is 10.4. The first kappa shape index (κ1) is 14.2. The van der Waals surface area contributed by atoms with Crippen LogP contribution in [0.1, 0.15) is 13.3 Å². The summed E-state index contributed by atoms with van der Waals surface area (Å²) in [6.45, 7) is 1.74. The van der Waals surface area contributed by atoms with Crippen LogP contribution in [-0.2, 0) is 4.79 Å². The number of rotatable bonds is 1. The first-order chi connectivity index (χ1) is 5.81. The van der Waals surface area contributed by atoms with Crippen LogP contribution in [0.15, 0.2) is 36.4 Å². The maximum atomic E-state index is 9.94. The Morgan fingerprint density at radius 1 is 1.15 bits per heavy atom. The summed E-state index contributed by atoms with van der Waals surface area (Å²) < 4.78 is 0. The number of nitrogens with two attached hydrogens (primary N) is 1. The molecule has 74 valence electrons. The Labute approximate surface area is 78.0 Å². The van der Waals surface area contributed by atoms with Crippen LogP contribution in [0.4, 0.5) is 0 Å². The van der Waals surface area contributed by atoms with Gasteiger partial charge in [0.25, 0.3) is 0 Å². The van der Waals surface area contributed by atoms with Gasteiger partial charge in [-0.05, 0) is 0 Å². The van der Waals surface area contributed by atoms with E-state index < -0.39 is 0 Å². The summed E-state index contributed by atoms with van der Waals surface area (Å²) in [6.07, 6.45) is 0.455. The second-order valence-corrected chi connectivity index (χ2v) is 2.08. The molecule has 0 fully saturated rings. The number of hydrazine groups is 1. The molecule has 0 aromatic heterocycles. The van der Waals surface area contributed by atoms with Gasteiger partial charge in [0.1, 0.15) is 0 Å². The van der Waals surface area contributed by atoms with E-state index >= 15 is 0 Å². The topological polar surface area (TPSA) is 86.6 Å². The summed E-state index contributed by atoms with van der Waals surface area (Å²) in [5, 5.41) is 0. The first-order valence-corrected chi connectivity index (χ1v) is 3.80. The van der Waals surface area contributed by atoms with Crippen molar-refractivity contribution in [2.24, 2.45) is 5.84 Å². The van der Waals surface area contributed by atoms with Crippen LogP contribution in [0, 0.1) is 0 Å². The van der Waals surface area contributed by atoms with Gasteiger partial charge in [0.2, 0.25) is 5.91 Å². The molecular formula is C9H16N2O2. The molecule has 0 aliphatic carbocycles. The van der Waals surface area contributed by atoms with E-state index in [1.54, 1.807) is 6.92 Å².